The van der Waals surface area contributed by atoms with E-state index in [1.165, 1.54) is 0 Å². The van der Waals surface area contributed by atoms with Crippen molar-refractivity contribution < 1.29 is 14.3 Å². The first kappa shape index (κ1) is 24.0. The van der Waals surface area contributed by atoms with Gasteiger partial charge in [-0.05, 0) is 56.2 Å². The van der Waals surface area contributed by atoms with Gasteiger partial charge in [-0.1, -0.05) is 29.8 Å². The third kappa shape index (κ3) is 7.18. The molecule has 0 spiro atoms. The van der Waals surface area contributed by atoms with Crippen molar-refractivity contribution in [3.63, 3.8) is 0 Å². The first-order chi connectivity index (χ1) is 14.3. The van der Waals surface area contributed by atoms with E-state index in [-0.39, 0.29) is 5.91 Å². The fourth-order valence-electron chi connectivity index (χ4n) is 2.56. The summed E-state index contributed by atoms with van der Waals surface area (Å²) < 4.78 is 12.4. The van der Waals surface area contributed by atoms with E-state index in [0.29, 0.717) is 52.7 Å². The number of carbonyl (C=O) groups excluding carboxylic acids is 1. The average molecular weight is 494 g/mol. The van der Waals surface area contributed by atoms with Crippen molar-refractivity contribution in [3.05, 3.63) is 46.4 Å². The summed E-state index contributed by atoms with van der Waals surface area (Å²) in [4.78, 5) is 12.7. The summed E-state index contributed by atoms with van der Waals surface area (Å²) in [5.74, 6) is 1.33. The second-order valence-electron chi connectivity index (χ2n) is 6.90. The number of halogens is 1. The Morgan fingerprint density at radius 3 is 2.03 bits per heavy atom. The molecule has 0 aliphatic heterocycles. The zero-order valence-corrected chi connectivity index (χ0v) is 20.1. The summed E-state index contributed by atoms with van der Waals surface area (Å²) in [5.41, 5.74) is 1.74. The van der Waals surface area contributed by atoms with Crippen LogP contribution in [0.15, 0.2) is 40.9 Å². The number of rotatable bonds is 9. The van der Waals surface area contributed by atoms with Gasteiger partial charge in [0.15, 0.2) is 5.11 Å². The van der Waals surface area contributed by atoms with Crippen LogP contribution >= 0.6 is 28.1 Å². The Hall–Kier alpha value is -2.32. The van der Waals surface area contributed by atoms with Crippen molar-refractivity contribution in [1.82, 2.24) is 5.32 Å². The summed E-state index contributed by atoms with van der Waals surface area (Å²) in [6.45, 7) is 9.68. The van der Waals surface area contributed by atoms with Crippen molar-refractivity contribution in [2.24, 2.45) is 5.92 Å². The Labute approximate surface area is 191 Å². The van der Waals surface area contributed by atoms with Crippen LogP contribution in [0, 0.1) is 5.92 Å². The molecule has 2 aromatic carbocycles. The van der Waals surface area contributed by atoms with E-state index in [1.54, 1.807) is 24.3 Å². The van der Waals surface area contributed by atoms with Crippen molar-refractivity contribution >= 4 is 50.5 Å². The van der Waals surface area contributed by atoms with Gasteiger partial charge in [0.2, 0.25) is 0 Å². The van der Waals surface area contributed by atoms with Gasteiger partial charge in [-0.15, -0.1) is 0 Å². The van der Waals surface area contributed by atoms with E-state index >= 15 is 0 Å². The molecular weight excluding hydrogens is 466 g/mol. The summed E-state index contributed by atoms with van der Waals surface area (Å²) in [6.07, 6.45) is 0. The van der Waals surface area contributed by atoms with Gasteiger partial charge < -0.3 is 25.4 Å². The maximum absolute atomic E-state index is 12.7. The summed E-state index contributed by atoms with van der Waals surface area (Å²) >= 11 is 8.77. The molecule has 0 saturated carbocycles. The number of hydrogen-bond acceptors (Lipinski definition) is 4. The van der Waals surface area contributed by atoms with Crippen LogP contribution in [0.2, 0.25) is 0 Å². The lowest BCUT2D eigenvalue weighted by molar-refractivity contribution is 0.102. The quantitative estimate of drug-likeness (QED) is 0.404. The van der Waals surface area contributed by atoms with Gasteiger partial charge in [0.05, 0.1) is 24.6 Å². The zero-order valence-electron chi connectivity index (χ0n) is 17.7. The number of carbonyl (C=O) groups is 1. The molecule has 2 rings (SSSR count). The molecule has 2 aromatic rings. The molecule has 6 nitrogen and oxygen atoms in total. The number of anilines is 2. The van der Waals surface area contributed by atoms with Crippen LogP contribution in [-0.2, 0) is 0 Å². The summed E-state index contributed by atoms with van der Waals surface area (Å²) in [7, 11) is 0. The highest BCUT2D eigenvalue weighted by Crippen LogP contribution is 2.37. The number of amides is 1. The summed E-state index contributed by atoms with van der Waals surface area (Å²) in [5, 5.41) is 9.75. The number of nitrogens with one attached hydrogen (secondary N) is 3. The van der Waals surface area contributed by atoms with Gasteiger partial charge in [-0.25, -0.2) is 0 Å². The van der Waals surface area contributed by atoms with Gasteiger partial charge in [0, 0.05) is 28.7 Å². The fraction of sp³-hybridized carbons (Fsp3) is 0.364. The average Bonchev–Trinajstić information content (AvgIpc) is 2.70. The van der Waals surface area contributed by atoms with Crippen molar-refractivity contribution in [2.45, 2.75) is 27.7 Å². The molecular formula is C22H28BrN3O3S. The van der Waals surface area contributed by atoms with Gasteiger partial charge in [0.25, 0.3) is 5.91 Å². The van der Waals surface area contributed by atoms with Crippen LogP contribution in [0.5, 0.6) is 11.5 Å². The zero-order chi connectivity index (χ0) is 22.1. The van der Waals surface area contributed by atoms with Crippen LogP contribution in [0.4, 0.5) is 11.4 Å². The highest BCUT2D eigenvalue weighted by Gasteiger charge is 2.16. The van der Waals surface area contributed by atoms with Gasteiger partial charge in [0.1, 0.15) is 11.5 Å². The third-order valence-corrected chi connectivity index (χ3v) is 4.73. The number of ether oxygens (including phenoxy) is 2. The number of thiocarbonyl (C=S) groups is 1. The number of hydrogen-bond donors (Lipinski definition) is 3. The van der Waals surface area contributed by atoms with E-state index in [9.17, 15) is 4.79 Å². The van der Waals surface area contributed by atoms with E-state index < -0.39 is 0 Å². The Bertz CT molecular complexity index is 873. The topological polar surface area (TPSA) is 71.6 Å². The lowest BCUT2D eigenvalue weighted by atomic mass is 10.2. The third-order valence-electron chi connectivity index (χ3n) is 3.96. The molecule has 0 unspecified atom stereocenters. The lowest BCUT2D eigenvalue weighted by Gasteiger charge is -2.19. The van der Waals surface area contributed by atoms with Gasteiger partial charge >= 0.3 is 0 Å². The minimum Gasteiger partial charge on any atom is -0.492 e. The largest absolute Gasteiger partial charge is 0.492 e. The van der Waals surface area contributed by atoms with Crippen LogP contribution in [-0.4, -0.2) is 30.8 Å². The molecule has 0 aliphatic carbocycles. The normalized spacial score (nSPS) is 10.5. The van der Waals surface area contributed by atoms with Gasteiger partial charge in [-0.3, -0.25) is 4.79 Å². The first-order valence-corrected chi connectivity index (χ1v) is 11.1. The Morgan fingerprint density at radius 1 is 1.00 bits per heavy atom. The Kier molecular flexibility index (Phi) is 9.39. The minimum atomic E-state index is -0.235. The van der Waals surface area contributed by atoms with Crippen molar-refractivity contribution in [3.8, 4) is 11.5 Å². The van der Waals surface area contributed by atoms with E-state index in [1.807, 2.05) is 26.0 Å². The predicted octanol–water partition coefficient (Wildman–Crippen LogP) is 5.44. The molecule has 0 fully saturated rings. The smallest absolute Gasteiger partial charge is 0.255 e. The van der Waals surface area contributed by atoms with Crippen molar-refractivity contribution in [1.29, 1.82) is 0 Å². The highest BCUT2D eigenvalue weighted by atomic mass is 79.9. The molecule has 0 aromatic heterocycles. The van der Waals surface area contributed by atoms with Crippen molar-refractivity contribution in [2.75, 3.05) is 30.4 Å². The lowest BCUT2D eigenvalue weighted by Crippen LogP contribution is -2.31. The summed E-state index contributed by atoms with van der Waals surface area (Å²) in [6, 6.07) is 10.7. The molecule has 0 bridgehead atoms. The van der Waals surface area contributed by atoms with E-state index in [0.717, 1.165) is 11.0 Å². The van der Waals surface area contributed by atoms with Gasteiger partial charge in [-0.2, -0.15) is 0 Å². The molecule has 0 atom stereocenters. The Morgan fingerprint density at radius 2 is 1.53 bits per heavy atom. The molecule has 0 heterocycles. The molecule has 0 radical (unpaired) electrons. The minimum absolute atomic E-state index is 0.235. The van der Waals surface area contributed by atoms with E-state index in [4.69, 9.17) is 21.7 Å². The molecule has 0 aliphatic rings. The standard InChI is InChI=1S/C22H28BrN3O3S/c1-5-28-19-12-18(26-22(30)24-13-14(3)4)20(29-6-2)11-17(19)25-21(27)15-7-9-16(23)10-8-15/h7-12,14H,5-6,13H2,1-4H3,(H,25,27)(H2,24,26,30). The molecule has 30 heavy (non-hydrogen) atoms. The molecule has 3 N–H and O–H groups in total. The monoisotopic (exact) mass is 493 g/mol. The van der Waals surface area contributed by atoms with E-state index in [2.05, 4.69) is 45.7 Å². The molecule has 1 amide bonds. The van der Waals surface area contributed by atoms with Crippen LogP contribution in [0.3, 0.4) is 0 Å². The Balaban J connectivity index is 2.30. The second kappa shape index (κ2) is 11.8. The highest BCUT2D eigenvalue weighted by molar-refractivity contribution is 9.10. The predicted molar refractivity (Wildman–Crippen MR) is 130 cm³/mol. The molecule has 0 saturated heterocycles. The van der Waals surface area contributed by atoms with Crippen LogP contribution in [0.1, 0.15) is 38.1 Å². The molecule has 162 valence electrons. The fourth-order valence-corrected chi connectivity index (χ4v) is 3.02. The van der Waals surface area contributed by atoms with Crippen LogP contribution < -0.4 is 25.4 Å². The first-order valence-electron chi connectivity index (χ1n) is 9.89. The number of benzene rings is 2. The maximum atomic E-state index is 12.7. The second-order valence-corrected chi connectivity index (χ2v) is 8.22. The maximum Gasteiger partial charge on any atom is 0.255 e. The van der Waals surface area contributed by atoms with Crippen LogP contribution in [0.25, 0.3) is 0 Å². The molecule has 8 heteroatoms. The SMILES string of the molecule is CCOc1cc(NC(=S)NCC(C)C)c(OCC)cc1NC(=O)c1ccc(Br)cc1.